The molecule has 0 fully saturated rings. The van der Waals surface area contributed by atoms with Gasteiger partial charge in [0.15, 0.2) is 0 Å². The number of nitrogens with one attached hydrogen (secondary N) is 1. The molecule has 9 nitrogen and oxygen atoms in total. The summed E-state index contributed by atoms with van der Waals surface area (Å²) < 4.78 is 13.2. The number of benzene rings is 2. The Morgan fingerprint density at radius 3 is 2.50 bits per heavy atom. The molecular formula is C27H30N4O5. The van der Waals surface area contributed by atoms with Crippen LogP contribution in [0.5, 0.6) is 0 Å². The Kier molecular flexibility index (Phi) is 7.38. The molecule has 0 atom stereocenters. The average Bonchev–Trinajstić information content (AvgIpc) is 3.17. The Hall–Kier alpha value is -4.14. The number of carbonyl (C=O) groups excluding carboxylic acids is 1. The number of ether oxygens (including phenoxy) is 1. The van der Waals surface area contributed by atoms with Crippen LogP contribution in [0.15, 0.2) is 61.5 Å². The Balaban J connectivity index is 1.84. The molecule has 188 valence electrons. The van der Waals surface area contributed by atoms with Crippen LogP contribution in [0, 0.1) is 13.8 Å². The zero-order valence-electron chi connectivity index (χ0n) is 21.0. The fourth-order valence-electron chi connectivity index (χ4n) is 4.08. The minimum Gasteiger partial charge on any atom is -0.466 e. The second kappa shape index (κ2) is 10.6. The second-order valence-corrected chi connectivity index (χ2v) is 8.61. The molecule has 0 aliphatic rings. The lowest BCUT2D eigenvalue weighted by Gasteiger charge is -2.11. The van der Waals surface area contributed by atoms with Crippen molar-refractivity contribution >= 4 is 22.6 Å². The standard InChI is InChI=1S/C27H30N4O5/c1-5-22-18(4)21-15-20(11-12-23(21)36-22)28-25-29-26(33)30(14-13-24(32)35-6-2)27(34)31(25)16-19-9-7-17(3)8-10-19/h7-12,15H,5-6,13-14,16H2,1-4H3,(H,28,29,33). The van der Waals surface area contributed by atoms with E-state index in [4.69, 9.17) is 9.15 Å². The molecule has 2 aromatic carbocycles. The maximum Gasteiger partial charge on any atom is 0.335 e. The Labute approximate surface area is 207 Å². The zero-order valence-corrected chi connectivity index (χ0v) is 21.0. The van der Waals surface area contributed by atoms with Crippen LogP contribution in [-0.4, -0.2) is 26.7 Å². The lowest BCUT2D eigenvalue weighted by Crippen LogP contribution is -2.50. The molecular weight excluding hydrogens is 460 g/mol. The molecule has 4 rings (SSSR count). The second-order valence-electron chi connectivity index (χ2n) is 8.61. The summed E-state index contributed by atoms with van der Waals surface area (Å²) in [6.45, 7) is 8.05. The molecule has 2 aromatic heterocycles. The number of nitrogens with zero attached hydrogens (tertiary/aromatic N) is 3. The number of aromatic nitrogens is 3. The van der Waals surface area contributed by atoms with Crippen molar-refractivity contribution in [1.82, 2.24) is 14.1 Å². The van der Waals surface area contributed by atoms with E-state index >= 15 is 0 Å². The first kappa shape index (κ1) is 25.0. The Morgan fingerprint density at radius 2 is 1.81 bits per heavy atom. The van der Waals surface area contributed by atoms with Gasteiger partial charge in [0.2, 0.25) is 5.62 Å². The van der Waals surface area contributed by atoms with Crippen LogP contribution in [0.4, 0.5) is 5.69 Å². The van der Waals surface area contributed by atoms with Crippen molar-refractivity contribution in [3.63, 3.8) is 0 Å². The largest absolute Gasteiger partial charge is 0.466 e. The van der Waals surface area contributed by atoms with E-state index in [-0.39, 0.29) is 31.7 Å². The van der Waals surface area contributed by atoms with Gasteiger partial charge in [-0.25, -0.2) is 19.1 Å². The number of H-pyrrole nitrogens is 1. The summed E-state index contributed by atoms with van der Waals surface area (Å²) in [5.41, 5.74) is 3.26. The third-order valence-corrected chi connectivity index (χ3v) is 6.06. The smallest absolute Gasteiger partial charge is 0.335 e. The van der Waals surface area contributed by atoms with Crippen LogP contribution in [0.25, 0.3) is 11.0 Å². The van der Waals surface area contributed by atoms with Crippen molar-refractivity contribution in [1.29, 1.82) is 0 Å². The normalized spacial score (nSPS) is 11.8. The van der Waals surface area contributed by atoms with E-state index in [9.17, 15) is 14.4 Å². The molecule has 4 aromatic rings. The van der Waals surface area contributed by atoms with E-state index in [0.29, 0.717) is 5.69 Å². The van der Waals surface area contributed by atoms with Gasteiger partial charge in [-0.2, -0.15) is 0 Å². The van der Waals surface area contributed by atoms with E-state index in [1.807, 2.05) is 57.2 Å². The highest BCUT2D eigenvalue weighted by molar-refractivity contribution is 5.84. The molecule has 36 heavy (non-hydrogen) atoms. The summed E-state index contributed by atoms with van der Waals surface area (Å²) in [5.74, 6) is 0.437. The molecule has 0 spiro atoms. The van der Waals surface area contributed by atoms with Gasteiger partial charge in [0, 0.05) is 18.4 Å². The maximum absolute atomic E-state index is 13.4. The highest BCUT2D eigenvalue weighted by Crippen LogP contribution is 2.29. The highest BCUT2D eigenvalue weighted by atomic mass is 16.5. The SMILES string of the molecule is CCOC(=O)CCn1c(=O)[nH]/c(=N\c2ccc3oc(CC)c(C)c3c2)n(Cc2ccc(C)cc2)c1=O. The zero-order chi connectivity index (χ0) is 25.8. The summed E-state index contributed by atoms with van der Waals surface area (Å²) in [6, 6.07) is 13.3. The molecule has 0 bridgehead atoms. The van der Waals surface area contributed by atoms with Crippen molar-refractivity contribution in [3.05, 3.63) is 91.5 Å². The van der Waals surface area contributed by atoms with Gasteiger partial charge in [-0.15, -0.1) is 0 Å². The Bertz CT molecular complexity index is 1590. The van der Waals surface area contributed by atoms with Crippen molar-refractivity contribution in [3.8, 4) is 0 Å². The molecule has 0 saturated heterocycles. The highest BCUT2D eigenvalue weighted by Gasteiger charge is 2.13. The summed E-state index contributed by atoms with van der Waals surface area (Å²) in [5, 5.41) is 0.934. The van der Waals surface area contributed by atoms with E-state index in [1.54, 1.807) is 13.0 Å². The Morgan fingerprint density at radius 1 is 1.06 bits per heavy atom. The van der Waals surface area contributed by atoms with Crippen molar-refractivity contribution in [2.75, 3.05) is 6.61 Å². The lowest BCUT2D eigenvalue weighted by molar-refractivity contribution is -0.143. The van der Waals surface area contributed by atoms with Crippen LogP contribution in [0.1, 0.15) is 42.7 Å². The van der Waals surface area contributed by atoms with Crippen molar-refractivity contribution in [2.45, 2.75) is 53.6 Å². The quantitative estimate of drug-likeness (QED) is 0.380. The first-order valence-corrected chi connectivity index (χ1v) is 12.0. The fourth-order valence-corrected chi connectivity index (χ4v) is 4.08. The number of carbonyl (C=O) groups is 1. The van der Waals surface area contributed by atoms with E-state index < -0.39 is 17.3 Å². The number of aryl methyl sites for hydroxylation is 3. The first-order chi connectivity index (χ1) is 17.3. The molecule has 1 N–H and O–H groups in total. The number of fused-ring (bicyclic) bond motifs is 1. The van der Waals surface area contributed by atoms with Crippen molar-refractivity contribution < 1.29 is 13.9 Å². The number of hydrogen-bond donors (Lipinski definition) is 1. The fraction of sp³-hybridized carbons (Fsp3) is 0.333. The van der Waals surface area contributed by atoms with Gasteiger partial charge < -0.3 is 9.15 Å². The maximum atomic E-state index is 13.4. The van der Waals surface area contributed by atoms with E-state index in [1.165, 1.54) is 4.57 Å². The third-order valence-electron chi connectivity index (χ3n) is 6.06. The van der Waals surface area contributed by atoms with Crippen LogP contribution < -0.4 is 17.0 Å². The minimum absolute atomic E-state index is 0.0892. The number of rotatable bonds is 8. The molecule has 0 unspecified atom stereocenters. The van der Waals surface area contributed by atoms with Crippen LogP contribution in [0.3, 0.4) is 0 Å². The van der Waals surface area contributed by atoms with Crippen LogP contribution >= 0.6 is 0 Å². The monoisotopic (exact) mass is 490 g/mol. The van der Waals surface area contributed by atoms with Gasteiger partial charge in [-0.1, -0.05) is 36.8 Å². The molecule has 0 amide bonds. The van der Waals surface area contributed by atoms with Crippen LogP contribution in [0.2, 0.25) is 0 Å². The molecule has 0 aliphatic heterocycles. The molecule has 0 aliphatic carbocycles. The predicted octanol–water partition coefficient (Wildman–Crippen LogP) is 3.50. The molecule has 9 heteroatoms. The molecule has 0 saturated carbocycles. The average molecular weight is 491 g/mol. The van der Waals surface area contributed by atoms with Crippen molar-refractivity contribution in [2.24, 2.45) is 4.99 Å². The number of esters is 1. The summed E-state index contributed by atoms with van der Waals surface area (Å²) in [7, 11) is 0. The predicted molar refractivity (Wildman–Crippen MR) is 136 cm³/mol. The van der Waals surface area contributed by atoms with Gasteiger partial charge in [0.25, 0.3) is 0 Å². The van der Waals surface area contributed by atoms with Gasteiger partial charge in [-0.05, 0) is 50.1 Å². The number of hydrogen-bond acceptors (Lipinski definition) is 6. The minimum atomic E-state index is -0.642. The van der Waals surface area contributed by atoms with Crippen LogP contribution in [-0.2, 0) is 29.0 Å². The topological polar surface area (TPSA) is 112 Å². The molecule has 2 heterocycles. The van der Waals surface area contributed by atoms with Gasteiger partial charge >= 0.3 is 17.3 Å². The summed E-state index contributed by atoms with van der Waals surface area (Å²) in [6.07, 6.45) is 0.689. The molecule has 0 radical (unpaired) electrons. The van der Waals surface area contributed by atoms with E-state index in [2.05, 4.69) is 9.98 Å². The lowest BCUT2D eigenvalue weighted by atomic mass is 10.1. The summed E-state index contributed by atoms with van der Waals surface area (Å²) >= 11 is 0. The number of aromatic amines is 1. The summed E-state index contributed by atoms with van der Waals surface area (Å²) in [4.78, 5) is 45.5. The van der Waals surface area contributed by atoms with E-state index in [0.717, 1.165) is 44.4 Å². The first-order valence-electron chi connectivity index (χ1n) is 12.0. The number of furan rings is 1. The van der Waals surface area contributed by atoms with Gasteiger partial charge in [0.1, 0.15) is 11.3 Å². The van der Waals surface area contributed by atoms with Gasteiger partial charge in [0.05, 0.1) is 25.3 Å². The third kappa shape index (κ3) is 5.25. The van der Waals surface area contributed by atoms with Gasteiger partial charge in [-0.3, -0.25) is 14.3 Å².